The lowest BCUT2D eigenvalue weighted by Gasteiger charge is -2.10. The van der Waals surface area contributed by atoms with E-state index in [0.29, 0.717) is 6.04 Å². The van der Waals surface area contributed by atoms with E-state index in [9.17, 15) is 0 Å². The summed E-state index contributed by atoms with van der Waals surface area (Å²) in [4.78, 5) is 3.69. The van der Waals surface area contributed by atoms with Crippen molar-refractivity contribution in [1.82, 2.24) is 5.32 Å². The molecule has 0 aromatic rings. The first-order valence-electron chi connectivity index (χ1n) is 5.25. The highest BCUT2D eigenvalue weighted by molar-refractivity contribution is 5.27. The first-order valence-corrected chi connectivity index (χ1v) is 5.25. The number of nitrogens with one attached hydrogen (secondary N) is 1. The molecule has 0 heterocycles. The van der Waals surface area contributed by atoms with Crippen molar-refractivity contribution in [1.29, 1.82) is 0 Å². The smallest absolute Gasteiger partial charge is 0.0263 e. The molecule has 2 heteroatoms. The Kier molecular flexibility index (Phi) is 8.14. The molecule has 0 aliphatic carbocycles. The van der Waals surface area contributed by atoms with Gasteiger partial charge in [0.1, 0.15) is 0 Å². The first-order chi connectivity index (χ1) is 6.74. The van der Waals surface area contributed by atoms with Crippen molar-refractivity contribution in [2.24, 2.45) is 4.99 Å². The minimum Gasteiger partial charge on any atom is -0.314 e. The summed E-state index contributed by atoms with van der Waals surface area (Å²) in [6.07, 6.45) is 8.08. The lowest BCUT2D eigenvalue weighted by molar-refractivity contribution is 0.538. The van der Waals surface area contributed by atoms with Crippen molar-refractivity contribution in [3.63, 3.8) is 0 Å². The second kappa shape index (κ2) is 8.70. The predicted molar refractivity (Wildman–Crippen MR) is 64.8 cm³/mol. The molecular formula is C12H22N2. The molecule has 0 radical (unpaired) electrons. The van der Waals surface area contributed by atoms with Gasteiger partial charge in [0.15, 0.2) is 0 Å². The van der Waals surface area contributed by atoms with E-state index in [1.807, 2.05) is 13.0 Å². The number of aliphatic imine (C=N–C) groups is 1. The van der Waals surface area contributed by atoms with Gasteiger partial charge in [-0.1, -0.05) is 13.0 Å². The Morgan fingerprint density at radius 1 is 1.57 bits per heavy atom. The molecule has 1 atom stereocenters. The zero-order valence-electron chi connectivity index (χ0n) is 9.59. The highest BCUT2D eigenvalue weighted by Gasteiger charge is 1.96. The van der Waals surface area contributed by atoms with Crippen molar-refractivity contribution in [2.75, 3.05) is 6.54 Å². The van der Waals surface area contributed by atoms with Crippen LogP contribution in [0.3, 0.4) is 0 Å². The van der Waals surface area contributed by atoms with Crippen molar-refractivity contribution < 1.29 is 0 Å². The lowest BCUT2D eigenvalue weighted by atomic mass is 10.1. The number of rotatable bonds is 7. The molecule has 0 unspecified atom stereocenters. The third kappa shape index (κ3) is 6.61. The maximum absolute atomic E-state index is 3.69. The molecule has 2 nitrogen and oxygen atoms in total. The quantitative estimate of drug-likeness (QED) is 0.489. The average Bonchev–Trinajstić information content (AvgIpc) is 2.22. The van der Waals surface area contributed by atoms with Gasteiger partial charge in [-0.2, -0.15) is 0 Å². The number of nitrogens with zero attached hydrogens (tertiary/aromatic N) is 1. The molecule has 0 aromatic heterocycles. The zero-order valence-corrected chi connectivity index (χ0v) is 9.59. The number of hydrogen-bond acceptors (Lipinski definition) is 2. The Labute approximate surface area is 87.8 Å². The van der Waals surface area contributed by atoms with Gasteiger partial charge >= 0.3 is 0 Å². The second-order valence-electron chi connectivity index (χ2n) is 3.38. The van der Waals surface area contributed by atoms with Crippen molar-refractivity contribution in [3.05, 3.63) is 23.9 Å². The van der Waals surface area contributed by atoms with Crippen LogP contribution in [0.2, 0.25) is 0 Å². The maximum Gasteiger partial charge on any atom is 0.0263 e. The fourth-order valence-corrected chi connectivity index (χ4v) is 1.08. The van der Waals surface area contributed by atoms with E-state index in [-0.39, 0.29) is 0 Å². The van der Waals surface area contributed by atoms with E-state index < -0.39 is 0 Å². The van der Waals surface area contributed by atoms with Crippen LogP contribution in [0.25, 0.3) is 0 Å². The van der Waals surface area contributed by atoms with Gasteiger partial charge in [0.05, 0.1) is 0 Å². The molecule has 0 aliphatic rings. The van der Waals surface area contributed by atoms with Crippen LogP contribution in [0.1, 0.15) is 33.6 Å². The summed E-state index contributed by atoms with van der Waals surface area (Å²) in [7, 11) is 0. The van der Waals surface area contributed by atoms with Gasteiger partial charge in [-0.3, -0.25) is 4.99 Å². The maximum atomic E-state index is 3.69. The van der Waals surface area contributed by atoms with Gasteiger partial charge in [0.25, 0.3) is 0 Å². The number of hydrogen-bond donors (Lipinski definition) is 1. The Bertz CT molecular complexity index is 204. The second-order valence-corrected chi connectivity index (χ2v) is 3.38. The minimum atomic E-state index is 0.606. The average molecular weight is 194 g/mol. The molecule has 0 rings (SSSR count). The van der Waals surface area contributed by atoms with Gasteiger partial charge < -0.3 is 5.32 Å². The summed E-state index contributed by atoms with van der Waals surface area (Å²) in [6, 6.07) is 0.606. The summed E-state index contributed by atoms with van der Waals surface area (Å²) >= 11 is 0. The van der Waals surface area contributed by atoms with Crippen LogP contribution in [0, 0.1) is 0 Å². The fourth-order valence-electron chi connectivity index (χ4n) is 1.08. The predicted octanol–water partition coefficient (Wildman–Crippen LogP) is 2.93. The van der Waals surface area contributed by atoms with Gasteiger partial charge in [-0.25, -0.2) is 0 Å². The largest absolute Gasteiger partial charge is 0.314 e. The van der Waals surface area contributed by atoms with Crippen LogP contribution in [0.15, 0.2) is 28.9 Å². The van der Waals surface area contributed by atoms with Crippen molar-refractivity contribution >= 4 is 6.72 Å². The highest BCUT2D eigenvalue weighted by Crippen LogP contribution is 2.02. The van der Waals surface area contributed by atoms with Crippen LogP contribution in [-0.2, 0) is 0 Å². The molecule has 80 valence electrons. The van der Waals surface area contributed by atoms with Gasteiger partial charge in [0.2, 0.25) is 0 Å². The summed E-state index contributed by atoms with van der Waals surface area (Å²) in [6.45, 7) is 10.9. The molecule has 0 amide bonds. The minimum absolute atomic E-state index is 0.606. The van der Waals surface area contributed by atoms with E-state index in [0.717, 1.165) is 13.0 Å². The molecule has 0 bridgehead atoms. The lowest BCUT2D eigenvalue weighted by Crippen LogP contribution is -2.26. The highest BCUT2D eigenvalue weighted by atomic mass is 14.9. The van der Waals surface area contributed by atoms with Crippen LogP contribution < -0.4 is 5.32 Å². The molecule has 0 fully saturated rings. The molecule has 0 aliphatic heterocycles. The molecule has 14 heavy (non-hydrogen) atoms. The van der Waals surface area contributed by atoms with E-state index in [1.54, 1.807) is 6.20 Å². The van der Waals surface area contributed by atoms with Gasteiger partial charge in [-0.05, 0) is 51.6 Å². The van der Waals surface area contributed by atoms with E-state index in [2.05, 4.69) is 37.0 Å². The van der Waals surface area contributed by atoms with Crippen LogP contribution in [0.4, 0.5) is 0 Å². The third-order valence-corrected chi connectivity index (χ3v) is 2.28. The van der Waals surface area contributed by atoms with Crippen LogP contribution in [-0.4, -0.2) is 19.3 Å². The summed E-state index contributed by atoms with van der Waals surface area (Å²) in [5.74, 6) is 0. The molecule has 0 saturated heterocycles. The van der Waals surface area contributed by atoms with Gasteiger partial charge in [0, 0.05) is 12.2 Å². The molecule has 0 saturated carbocycles. The Morgan fingerprint density at radius 3 is 2.79 bits per heavy atom. The standard InChI is InChI=1S/C12H22N2/c1-5-11(3)14-10-8-12(6-2)7-9-13-4/h6-7,9,11,14H,4-5,8,10H2,1-3H3/b9-7-,12-6+/t11-/m0/s1. The molecule has 0 spiro atoms. The SMILES string of the molecule is C=N/C=C\C(=C/C)CCN[C@@H](C)CC. The Morgan fingerprint density at radius 2 is 2.29 bits per heavy atom. The third-order valence-electron chi connectivity index (χ3n) is 2.28. The first kappa shape index (κ1) is 13.1. The van der Waals surface area contributed by atoms with E-state index in [1.165, 1.54) is 12.0 Å². The summed E-state index contributed by atoms with van der Waals surface area (Å²) < 4.78 is 0. The molecule has 0 aromatic carbocycles. The summed E-state index contributed by atoms with van der Waals surface area (Å²) in [5.41, 5.74) is 1.30. The van der Waals surface area contributed by atoms with Crippen molar-refractivity contribution in [3.8, 4) is 0 Å². The number of allylic oxidation sites excluding steroid dienone is 2. The monoisotopic (exact) mass is 194 g/mol. The topological polar surface area (TPSA) is 24.4 Å². The van der Waals surface area contributed by atoms with E-state index in [4.69, 9.17) is 0 Å². The summed E-state index contributed by atoms with van der Waals surface area (Å²) in [5, 5.41) is 3.45. The molecule has 1 N–H and O–H groups in total. The van der Waals surface area contributed by atoms with Crippen molar-refractivity contribution in [2.45, 2.75) is 39.7 Å². The molecular weight excluding hydrogens is 172 g/mol. The van der Waals surface area contributed by atoms with Crippen LogP contribution in [0.5, 0.6) is 0 Å². The van der Waals surface area contributed by atoms with Crippen LogP contribution >= 0.6 is 0 Å². The Balaban J connectivity index is 3.74. The van der Waals surface area contributed by atoms with E-state index >= 15 is 0 Å². The Hall–Kier alpha value is -0.890. The van der Waals surface area contributed by atoms with Gasteiger partial charge in [-0.15, -0.1) is 0 Å². The zero-order chi connectivity index (χ0) is 10.8. The fraction of sp³-hybridized carbons (Fsp3) is 0.583. The normalized spacial score (nSPS) is 14.6.